The summed E-state index contributed by atoms with van der Waals surface area (Å²) in [6.45, 7) is 2.07. The van der Waals surface area contributed by atoms with E-state index in [0.717, 1.165) is 101 Å². The van der Waals surface area contributed by atoms with Crippen molar-refractivity contribution in [1.29, 1.82) is 0 Å². The van der Waals surface area contributed by atoms with Crippen LogP contribution in [0.3, 0.4) is 0 Å². The molecule has 0 aliphatic heterocycles. The standard InChI is InChI=1S/C51H34N2.C45H28N2.C38H26N2/c1-4-17-37(18-5-1)49-50(38-19-6-2-7-20-38)53(51(52-49)39-21-8-3-9-22-39)42-32-30-36(31-33-42)47-43-24-12-14-26-45(43)48(46-27-15-13-25-44(46)47)41-29-28-35-16-10-11-23-40(35)34-41;1-2-30-23-26-42-41(27-30)46-45(47(42)36-17-4-3-5-18-36)35-16-12-15-33(29-35)43-37-19-8-10-21-39(37)44(40-22-11-9-20-38(40)43)34-25-24-31-13-6-7-14-32(31)28-34;1-25-39-35-16-8-9-17-36(35)40(25)30-22-20-27(21-23-30)37-31-12-4-6-14-33(31)38(34-15-7-5-13-32(34)37)29-19-18-26-10-2-3-11-28(26)24-29/h1-34H;1,3-29H;2-24H,1H3. The van der Waals surface area contributed by atoms with Crippen molar-refractivity contribution in [2.24, 2.45) is 0 Å². The fraction of sp³-hybridized carbons (Fsp3) is 0.00746. The van der Waals surface area contributed by atoms with Gasteiger partial charge in [0.05, 0.1) is 33.5 Å². The van der Waals surface area contributed by atoms with Crippen LogP contribution < -0.4 is 0 Å². The summed E-state index contributed by atoms with van der Waals surface area (Å²) in [4.78, 5) is 15.3. The molecule has 3 heterocycles. The van der Waals surface area contributed by atoms with Crippen molar-refractivity contribution in [2.45, 2.75) is 6.92 Å². The molecule has 0 saturated heterocycles. The van der Waals surface area contributed by atoms with E-state index < -0.39 is 0 Å². The summed E-state index contributed by atoms with van der Waals surface area (Å²) in [5.41, 5.74) is 29.2. The summed E-state index contributed by atoms with van der Waals surface area (Å²) in [5.74, 6) is 5.55. The molecule has 0 saturated carbocycles. The van der Waals surface area contributed by atoms with Crippen LogP contribution in [-0.4, -0.2) is 28.7 Å². The molecule has 27 rings (SSSR count). The molecule has 0 spiro atoms. The number of hydrogen-bond acceptors (Lipinski definition) is 3. The zero-order valence-electron chi connectivity index (χ0n) is 76.8. The van der Waals surface area contributed by atoms with Gasteiger partial charge in [-0.2, -0.15) is 0 Å². The molecule has 0 aliphatic carbocycles. The molecular weight excluding hydrogens is 1690 g/mol. The Hall–Kier alpha value is -18.7. The average molecular weight is 1780 g/mol. The van der Waals surface area contributed by atoms with Gasteiger partial charge in [-0.25, -0.2) is 15.0 Å². The number of imidazole rings is 3. The highest BCUT2D eigenvalue weighted by atomic mass is 15.1. The summed E-state index contributed by atoms with van der Waals surface area (Å²) < 4.78 is 6.79. The van der Waals surface area contributed by atoms with Gasteiger partial charge in [-0.05, 0) is 262 Å². The normalized spacial score (nSPS) is 11.5. The van der Waals surface area contributed by atoms with Gasteiger partial charge in [-0.3, -0.25) is 13.7 Å². The minimum atomic E-state index is 0.819. The van der Waals surface area contributed by atoms with E-state index in [4.69, 9.17) is 21.4 Å². The van der Waals surface area contributed by atoms with Crippen molar-refractivity contribution in [3.05, 3.63) is 521 Å². The maximum absolute atomic E-state index is 5.77. The lowest BCUT2D eigenvalue weighted by atomic mass is 9.85. The van der Waals surface area contributed by atoms with Gasteiger partial charge in [0, 0.05) is 44.9 Å². The van der Waals surface area contributed by atoms with Crippen LogP contribution in [0.25, 0.3) is 248 Å². The molecule has 0 fully saturated rings. The lowest BCUT2D eigenvalue weighted by Crippen LogP contribution is -2.00. The van der Waals surface area contributed by atoms with Crippen LogP contribution in [0.5, 0.6) is 0 Å². The van der Waals surface area contributed by atoms with Gasteiger partial charge in [0.15, 0.2) is 0 Å². The lowest BCUT2D eigenvalue weighted by Gasteiger charge is -2.19. The van der Waals surface area contributed by atoms with Crippen molar-refractivity contribution >= 4 is 119 Å². The molecule has 0 radical (unpaired) electrons. The molecule has 6 nitrogen and oxygen atoms in total. The zero-order valence-corrected chi connectivity index (χ0v) is 76.8. The summed E-state index contributed by atoms with van der Waals surface area (Å²) in [7, 11) is 0. The Balaban J connectivity index is 0.000000112. The molecule has 0 unspecified atom stereocenters. The van der Waals surface area contributed by atoms with E-state index in [1.807, 2.05) is 24.3 Å². The predicted molar refractivity (Wildman–Crippen MR) is 590 cm³/mol. The first kappa shape index (κ1) is 83.2. The molecule has 0 bridgehead atoms. The number of fused-ring (bicyclic) bond motifs is 11. The summed E-state index contributed by atoms with van der Waals surface area (Å²) in [5, 5.41) is 22.5. The third-order valence-electron chi connectivity index (χ3n) is 27.7. The molecule has 140 heavy (non-hydrogen) atoms. The number of aryl methyl sites for hydroxylation is 1. The van der Waals surface area contributed by atoms with E-state index in [9.17, 15) is 0 Å². The molecule has 0 aliphatic rings. The van der Waals surface area contributed by atoms with Crippen molar-refractivity contribution in [3.8, 4) is 141 Å². The second kappa shape index (κ2) is 35.6. The SMILES string of the molecule is C#Cc1ccc2c(c1)nc(-c1cccc(-c3c4ccccc4c(-c4ccc5ccccc5c4)c4ccccc34)c1)n2-c1ccccc1.Cc1nc2ccccc2n1-c1ccc(-c2c3ccccc3c(-c3ccc4ccccc4c3)c3ccccc23)cc1.c1ccc(-c2nc(-c3ccccc3)n(-c3ccc(-c4c5ccccc5c(-c5ccc6ccccc6c5)c5ccccc45)cc3)c2-c2ccccc2)cc1. The second-order valence-corrected chi connectivity index (χ2v) is 35.9. The number of terminal acetylenes is 1. The maximum Gasteiger partial charge on any atom is 0.145 e. The van der Waals surface area contributed by atoms with E-state index in [-0.39, 0.29) is 0 Å². The fourth-order valence-corrected chi connectivity index (χ4v) is 21.4. The van der Waals surface area contributed by atoms with Gasteiger partial charge in [-0.15, -0.1) is 6.42 Å². The number of aromatic nitrogens is 6. The monoisotopic (exact) mass is 1780 g/mol. The molecular formula is C134H88N6. The van der Waals surface area contributed by atoms with Crippen LogP contribution in [0.1, 0.15) is 11.4 Å². The average Bonchev–Trinajstić information content (AvgIpc) is 1.00. The van der Waals surface area contributed by atoms with Gasteiger partial charge in [-0.1, -0.05) is 424 Å². The number of hydrogen-bond donors (Lipinski definition) is 0. The van der Waals surface area contributed by atoms with E-state index in [0.29, 0.717) is 0 Å². The third-order valence-corrected chi connectivity index (χ3v) is 27.7. The smallest absolute Gasteiger partial charge is 0.145 e. The lowest BCUT2D eigenvalue weighted by molar-refractivity contribution is 1.00. The summed E-state index contributed by atoms with van der Waals surface area (Å²) in [6.07, 6.45) is 5.77. The first-order valence-electron chi connectivity index (χ1n) is 47.7. The number of nitrogens with zero attached hydrogens (tertiary/aromatic N) is 6. The molecule has 0 N–H and O–H groups in total. The molecule has 3 aromatic heterocycles. The highest BCUT2D eigenvalue weighted by Crippen LogP contribution is 2.50. The van der Waals surface area contributed by atoms with Crippen LogP contribution in [0, 0.1) is 19.3 Å². The van der Waals surface area contributed by atoms with E-state index in [1.54, 1.807) is 0 Å². The van der Waals surface area contributed by atoms with Crippen LogP contribution in [-0.2, 0) is 0 Å². The van der Waals surface area contributed by atoms with Gasteiger partial charge in [0.25, 0.3) is 0 Å². The summed E-state index contributed by atoms with van der Waals surface area (Å²) in [6, 6.07) is 183. The Morgan fingerprint density at radius 3 is 0.921 bits per heavy atom. The Kier molecular flexibility index (Phi) is 21.2. The molecule has 654 valence electrons. The maximum atomic E-state index is 5.77. The molecule has 0 amide bonds. The van der Waals surface area contributed by atoms with Crippen LogP contribution >= 0.6 is 0 Å². The van der Waals surface area contributed by atoms with Crippen molar-refractivity contribution in [1.82, 2.24) is 28.7 Å². The first-order chi connectivity index (χ1) is 69.3. The van der Waals surface area contributed by atoms with Crippen molar-refractivity contribution in [3.63, 3.8) is 0 Å². The van der Waals surface area contributed by atoms with Crippen molar-refractivity contribution in [2.75, 3.05) is 0 Å². The van der Waals surface area contributed by atoms with E-state index in [2.05, 4.69) is 512 Å². The van der Waals surface area contributed by atoms with Gasteiger partial charge in [0.1, 0.15) is 17.5 Å². The van der Waals surface area contributed by atoms with E-state index in [1.165, 1.54) is 158 Å². The Morgan fingerprint density at radius 2 is 0.500 bits per heavy atom. The Morgan fingerprint density at radius 1 is 0.193 bits per heavy atom. The molecule has 27 aromatic rings. The van der Waals surface area contributed by atoms with Crippen LogP contribution in [0.15, 0.2) is 510 Å². The van der Waals surface area contributed by atoms with Crippen molar-refractivity contribution < 1.29 is 0 Å². The van der Waals surface area contributed by atoms with Gasteiger partial charge in [0.2, 0.25) is 0 Å². The topological polar surface area (TPSA) is 53.5 Å². The highest BCUT2D eigenvalue weighted by molar-refractivity contribution is 6.25. The summed E-state index contributed by atoms with van der Waals surface area (Å²) >= 11 is 0. The predicted octanol–water partition coefficient (Wildman–Crippen LogP) is 35.3. The van der Waals surface area contributed by atoms with Gasteiger partial charge < -0.3 is 0 Å². The second-order valence-electron chi connectivity index (χ2n) is 35.9. The Bertz CT molecular complexity index is 9390. The largest absolute Gasteiger partial charge is 0.297 e. The number of benzene rings is 24. The van der Waals surface area contributed by atoms with Crippen LogP contribution in [0.2, 0.25) is 0 Å². The van der Waals surface area contributed by atoms with Crippen LogP contribution in [0.4, 0.5) is 0 Å². The van der Waals surface area contributed by atoms with Gasteiger partial charge >= 0.3 is 0 Å². The first-order valence-corrected chi connectivity index (χ1v) is 47.7. The third kappa shape index (κ3) is 14.9. The highest BCUT2D eigenvalue weighted by Gasteiger charge is 2.27. The molecule has 0 atom stereocenters. The number of para-hydroxylation sites is 3. The Labute approximate surface area is 811 Å². The quantitative estimate of drug-likeness (QED) is 0.0854. The van der Waals surface area contributed by atoms with E-state index >= 15 is 0 Å². The minimum absolute atomic E-state index is 0.819. The zero-order chi connectivity index (χ0) is 93.1. The molecule has 6 heteroatoms. The number of rotatable bonds is 13. The molecule has 24 aromatic carbocycles. The minimum Gasteiger partial charge on any atom is -0.297 e. The fourth-order valence-electron chi connectivity index (χ4n) is 21.4.